The third-order valence-electron chi connectivity index (χ3n) is 6.04. The molecular formula is C21H20ClFN2O4S. The number of sulfonamides is 1. The van der Waals surface area contributed by atoms with E-state index in [0.29, 0.717) is 30.8 Å². The Kier molecular flexibility index (Phi) is 4.90. The van der Waals surface area contributed by atoms with E-state index in [-0.39, 0.29) is 10.8 Å². The van der Waals surface area contributed by atoms with Gasteiger partial charge in [-0.2, -0.15) is 0 Å². The average molecular weight is 451 g/mol. The van der Waals surface area contributed by atoms with Crippen molar-refractivity contribution in [3.8, 4) is 0 Å². The lowest BCUT2D eigenvalue weighted by Gasteiger charge is -2.50. The molecule has 1 atom stereocenters. The van der Waals surface area contributed by atoms with Crippen LogP contribution < -0.4 is 4.72 Å². The van der Waals surface area contributed by atoms with Crippen molar-refractivity contribution in [2.24, 2.45) is 0 Å². The van der Waals surface area contributed by atoms with Crippen LogP contribution in [0.3, 0.4) is 0 Å². The van der Waals surface area contributed by atoms with Crippen molar-refractivity contribution in [2.45, 2.75) is 42.0 Å². The summed E-state index contributed by atoms with van der Waals surface area (Å²) in [5.41, 5.74) is -1.16. The minimum atomic E-state index is -4.26. The first kappa shape index (κ1) is 20.8. The van der Waals surface area contributed by atoms with Crippen molar-refractivity contribution in [2.75, 3.05) is 6.54 Å². The second-order valence-corrected chi connectivity index (χ2v) is 10.1. The summed E-state index contributed by atoms with van der Waals surface area (Å²) in [5.74, 6) is -1.73. The molecule has 2 aliphatic rings. The highest BCUT2D eigenvalue weighted by Crippen LogP contribution is 2.52. The number of carbonyl (C=O) groups is 2. The number of nitrogens with one attached hydrogen (secondary N) is 1. The molecule has 0 radical (unpaired) electrons. The summed E-state index contributed by atoms with van der Waals surface area (Å²) in [6.45, 7) is 1.90. The fourth-order valence-corrected chi connectivity index (χ4v) is 5.06. The maximum atomic E-state index is 13.4. The van der Waals surface area contributed by atoms with Crippen LogP contribution in [0, 0.1) is 5.82 Å². The molecule has 30 heavy (non-hydrogen) atoms. The van der Waals surface area contributed by atoms with Gasteiger partial charge in [-0.15, -0.1) is 0 Å². The molecule has 6 nitrogen and oxygen atoms in total. The molecule has 2 aromatic carbocycles. The third-order valence-corrected chi connectivity index (χ3v) is 7.62. The number of likely N-dealkylation sites (tertiary alicyclic amines) is 1. The van der Waals surface area contributed by atoms with Crippen molar-refractivity contribution in [1.82, 2.24) is 9.62 Å². The van der Waals surface area contributed by atoms with E-state index in [4.69, 9.17) is 11.6 Å². The number of rotatable bonds is 5. The van der Waals surface area contributed by atoms with Crippen molar-refractivity contribution in [3.63, 3.8) is 0 Å². The summed E-state index contributed by atoms with van der Waals surface area (Å²) in [6, 6.07) is 11.4. The number of hydrogen-bond acceptors (Lipinski definition) is 4. The van der Waals surface area contributed by atoms with E-state index in [1.165, 1.54) is 17.0 Å². The maximum Gasteiger partial charge on any atom is 0.264 e. The smallest absolute Gasteiger partial charge is 0.264 e. The average Bonchev–Trinajstić information content (AvgIpc) is 3.48. The van der Waals surface area contributed by atoms with Crippen LogP contribution in [0.5, 0.6) is 0 Å². The van der Waals surface area contributed by atoms with Crippen LogP contribution in [0.4, 0.5) is 4.39 Å². The maximum absolute atomic E-state index is 13.4. The topological polar surface area (TPSA) is 83.6 Å². The van der Waals surface area contributed by atoms with Crippen molar-refractivity contribution >= 4 is 33.4 Å². The molecule has 2 amide bonds. The number of hydrogen-bond donors (Lipinski definition) is 1. The van der Waals surface area contributed by atoms with Gasteiger partial charge in [-0.25, -0.2) is 17.5 Å². The number of benzene rings is 2. The first-order chi connectivity index (χ1) is 14.1. The first-order valence-electron chi connectivity index (χ1n) is 9.49. The zero-order chi connectivity index (χ0) is 21.7. The van der Waals surface area contributed by atoms with Crippen LogP contribution in [0.25, 0.3) is 0 Å². The molecule has 0 bridgehead atoms. The van der Waals surface area contributed by atoms with Crippen LogP contribution in [0.15, 0.2) is 53.4 Å². The molecule has 1 aliphatic heterocycles. The number of amides is 2. The van der Waals surface area contributed by atoms with E-state index >= 15 is 0 Å². The van der Waals surface area contributed by atoms with Gasteiger partial charge in [-0.3, -0.25) is 9.59 Å². The quantitative estimate of drug-likeness (QED) is 0.759. The van der Waals surface area contributed by atoms with E-state index < -0.39 is 32.7 Å². The van der Waals surface area contributed by atoms with E-state index in [2.05, 4.69) is 0 Å². The van der Waals surface area contributed by atoms with Crippen molar-refractivity contribution in [1.29, 1.82) is 0 Å². The Balaban J connectivity index is 1.54. The minimum Gasteiger partial charge on any atom is -0.327 e. The molecule has 1 saturated heterocycles. The number of nitrogens with zero attached hydrogens (tertiary/aromatic N) is 1. The van der Waals surface area contributed by atoms with Crippen molar-refractivity contribution < 1.29 is 22.4 Å². The van der Waals surface area contributed by atoms with E-state index in [1.54, 1.807) is 31.2 Å². The summed E-state index contributed by atoms with van der Waals surface area (Å²) in [6.07, 6.45) is 1.65. The van der Waals surface area contributed by atoms with Gasteiger partial charge in [0.05, 0.1) is 10.3 Å². The Morgan fingerprint density at radius 1 is 1.10 bits per heavy atom. The van der Waals surface area contributed by atoms with E-state index in [9.17, 15) is 22.4 Å². The lowest BCUT2D eigenvalue weighted by Crippen LogP contribution is -2.69. The zero-order valence-corrected chi connectivity index (χ0v) is 17.8. The predicted molar refractivity (Wildman–Crippen MR) is 109 cm³/mol. The van der Waals surface area contributed by atoms with E-state index in [0.717, 1.165) is 17.7 Å². The van der Waals surface area contributed by atoms with Crippen LogP contribution in [-0.4, -0.2) is 37.2 Å². The summed E-state index contributed by atoms with van der Waals surface area (Å²) in [5, 5.41) is 0.567. The molecule has 1 aliphatic carbocycles. The van der Waals surface area contributed by atoms with Gasteiger partial charge in [0.1, 0.15) is 11.4 Å². The Labute approximate surface area is 179 Å². The summed E-state index contributed by atoms with van der Waals surface area (Å²) in [7, 11) is -4.26. The normalized spacial score (nSPS) is 22.2. The molecule has 1 saturated carbocycles. The van der Waals surface area contributed by atoms with Gasteiger partial charge in [0.2, 0.25) is 5.91 Å². The summed E-state index contributed by atoms with van der Waals surface area (Å²) in [4.78, 5) is 27.3. The second-order valence-electron chi connectivity index (χ2n) is 7.96. The van der Waals surface area contributed by atoms with Gasteiger partial charge in [-0.1, -0.05) is 29.8 Å². The van der Waals surface area contributed by atoms with Crippen molar-refractivity contribution in [3.05, 3.63) is 64.9 Å². The Bertz CT molecular complexity index is 1130. The van der Waals surface area contributed by atoms with Crippen LogP contribution in [0.2, 0.25) is 5.02 Å². The summed E-state index contributed by atoms with van der Waals surface area (Å²) >= 11 is 5.94. The molecule has 9 heteroatoms. The third kappa shape index (κ3) is 3.37. The number of carbonyl (C=O) groups excluding carboxylic acids is 2. The SMILES string of the molecule is CC1(C(=O)NS(=O)(=O)c2cccc(F)c2)CCN1C(=O)C1(c2ccc(Cl)cc2)CC1. The molecule has 0 spiro atoms. The molecule has 1 N–H and O–H groups in total. The standard InChI is InChI=1S/C21H20ClFN2O4S/c1-20(18(26)24-30(28,29)17-4-2-3-16(23)13-17)11-12-25(20)19(27)21(9-10-21)14-5-7-15(22)8-6-14/h2-8,13H,9-12H2,1H3,(H,24,26). The van der Waals surface area contributed by atoms with Gasteiger partial charge in [0.15, 0.2) is 0 Å². The van der Waals surface area contributed by atoms with Crippen LogP contribution >= 0.6 is 11.6 Å². The largest absolute Gasteiger partial charge is 0.327 e. The summed E-state index contributed by atoms with van der Waals surface area (Å²) < 4.78 is 40.4. The lowest BCUT2D eigenvalue weighted by atomic mass is 9.82. The predicted octanol–water partition coefficient (Wildman–Crippen LogP) is 3.01. The van der Waals surface area contributed by atoms with Gasteiger partial charge in [-0.05, 0) is 62.1 Å². The van der Waals surface area contributed by atoms with Gasteiger partial charge >= 0.3 is 0 Å². The number of halogens is 2. The second kappa shape index (κ2) is 7.06. The Morgan fingerprint density at radius 2 is 1.77 bits per heavy atom. The highest BCUT2D eigenvalue weighted by molar-refractivity contribution is 7.90. The molecule has 4 rings (SSSR count). The van der Waals surface area contributed by atoms with Crippen LogP contribution in [0.1, 0.15) is 31.7 Å². The highest BCUT2D eigenvalue weighted by atomic mass is 35.5. The Morgan fingerprint density at radius 3 is 2.30 bits per heavy atom. The fourth-order valence-electron chi connectivity index (χ4n) is 3.82. The molecule has 1 heterocycles. The molecular weight excluding hydrogens is 431 g/mol. The minimum absolute atomic E-state index is 0.197. The van der Waals surface area contributed by atoms with Gasteiger partial charge in [0.25, 0.3) is 15.9 Å². The Hall–Kier alpha value is -2.45. The molecule has 1 unspecified atom stereocenters. The van der Waals surface area contributed by atoms with E-state index in [1.807, 2.05) is 4.72 Å². The fraction of sp³-hybridized carbons (Fsp3) is 0.333. The highest BCUT2D eigenvalue weighted by Gasteiger charge is 2.60. The molecule has 0 aromatic heterocycles. The monoisotopic (exact) mass is 450 g/mol. The zero-order valence-electron chi connectivity index (χ0n) is 16.2. The van der Waals surface area contributed by atoms with Gasteiger partial charge < -0.3 is 4.90 Å². The first-order valence-corrected chi connectivity index (χ1v) is 11.4. The van der Waals surface area contributed by atoms with Crippen LogP contribution in [-0.2, 0) is 25.0 Å². The van der Waals surface area contributed by atoms with Gasteiger partial charge in [0, 0.05) is 11.6 Å². The molecule has 2 aromatic rings. The molecule has 2 fully saturated rings. The lowest BCUT2D eigenvalue weighted by molar-refractivity contribution is -0.158. The molecule has 158 valence electrons.